The standard InChI is InChI=1S/C22H40N4O3/c1-15(2)12-18-21(28)26(11-9-24-18)19(13-16(3)4)22(29)25-10-5-6-17(14-25)7-8-20(23)27/h15-19,24H,5-14H2,1-4H3,(H2,23,27). The van der Waals surface area contributed by atoms with Crippen molar-refractivity contribution < 1.29 is 14.4 Å². The Morgan fingerprint density at radius 1 is 1.17 bits per heavy atom. The highest BCUT2D eigenvalue weighted by Crippen LogP contribution is 2.25. The maximum absolute atomic E-state index is 13.5. The predicted molar refractivity (Wildman–Crippen MR) is 114 cm³/mol. The molecular weight excluding hydrogens is 368 g/mol. The monoisotopic (exact) mass is 408 g/mol. The molecule has 0 saturated carbocycles. The summed E-state index contributed by atoms with van der Waals surface area (Å²) in [5, 5.41) is 3.33. The van der Waals surface area contributed by atoms with Gasteiger partial charge >= 0.3 is 0 Å². The summed E-state index contributed by atoms with van der Waals surface area (Å²) in [5.74, 6) is 0.905. The number of nitrogens with one attached hydrogen (secondary N) is 1. The van der Waals surface area contributed by atoms with E-state index < -0.39 is 6.04 Å². The van der Waals surface area contributed by atoms with Crippen molar-refractivity contribution in [3.05, 3.63) is 0 Å². The molecule has 2 aliphatic rings. The lowest BCUT2D eigenvalue weighted by Crippen LogP contribution is -2.62. The lowest BCUT2D eigenvalue weighted by molar-refractivity contribution is -0.150. The Hall–Kier alpha value is -1.63. The van der Waals surface area contributed by atoms with Gasteiger partial charge in [0.05, 0.1) is 6.04 Å². The normalized spacial score (nSPS) is 24.3. The number of hydrogen-bond donors (Lipinski definition) is 2. The number of amides is 3. The maximum Gasteiger partial charge on any atom is 0.245 e. The third-order valence-electron chi connectivity index (χ3n) is 6.02. The Kier molecular flexibility index (Phi) is 8.93. The average molecular weight is 409 g/mol. The number of hydrogen-bond acceptors (Lipinski definition) is 4. The lowest BCUT2D eigenvalue weighted by Gasteiger charge is -2.42. The van der Waals surface area contributed by atoms with Crippen LogP contribution in [0.1, 0.15) is 66.2 Å². The fourth-order valence-electron chi connectivity index (χ4n) is 4.59. The van der Waals surface area contributed by atoms with Crippen LogP contribution in [0.15, 0.2) is 0 Å². The molecule has 2 rings (SSSR count). The zero-order chi connectivity index (χ0) is 21.6. The van der Waals surface area contributed by atoms with Crippen molar-refractivity contribution in [3.63, 3.8) is 0 Å². The number of rotatable bonds is 9. The Morgan fingerprint density at radius 3 is 2.52 bits per heavy atom. The second kappa shape index (κ2) is 11.0. The molecule has 0 aromatic rings. The van der Waals surface area contributed by atoms with Gasteiger partial charge in [0, 0.05) is 32.6 Å². The van der Waals surface area contributed by atoms with Gasteiger partial charge in [-0.1, -0.05) is 27.7 Å². The van der Waals surface area contributed by atoms with Crippen molar-refractivity contribution in [2.24, 2.45) is 23.5 Å². The first-order valence-corrected chi connectivity index (χ1v) is 11.3. The van der Waals surface area contributed by atoms with Gasteiger partial charge < -0.3 is 20.9 Å². The Bertz CT molecular complexity index is 578. The molecule has 0 aromatic carbocycles. The Labute approximate surface area is 175 Å². The van der Waals surface area contributed by atoms with Gasteiger partial charge in [-0.05, 0) is 49.9 Å². The van der Waals surface area contributed by atoms with Gasteiger partial charge in [0.25, 0.3) is 0 Å². The van der Waals surface area contributed by atoms with Crippen molar-refractivity contribution in [2.75, 3.05) is 26.2 Å². The van der Waals surface area contributed by atoms with Crippen LogP contribution in [-0.2, 0) is 14.4 Å². The summed E-state index contributed by atoms with van der Waals surface area (Å²) in [7, 11) is 0. The molecule has 0 bridgehead atoms. The number of primary amides is 1. The molecule has 0 spiro atoms. The van der Waals surface area contributed by atoms with Crippen LogP contribution < -0.4 is 11.1 Å². The van der Waals surface area contributed by atoms with E-state index in [1.54, 1.807) is 0 Å². The average Bonchev–Trinajstić information content (AvgIpc) is 2.65. The van der Waals surface area contributed by atoms with E-state index in [0.29, 0.717) is 43.7 Å². The molecule has 29 heavy (non-hydrogen) atoms. The molecular formula is C22H40N4O3. The zero-order valence-electron chi connectivity index (χ0n) is 18.7. The number of piperidine rings is 1. The summed E-state index contributed by atoms with van der Waals surface area (Å²) < 4.78 is 0. The summed E-state index contributed by atoms with van der Waals surface area (Å²) in [5.41, 5.74) is 5.30. The first kappa shape index (κ1) is 23.6. The summed E-state index contributed by atoms with van der Waals surface area (Å²) in [6.45, 7) is 11.1. The second-order valence-electron chi connectivity index (χ2n) is 9.61. The second-order valence-corrected chi connectivity index (χ2v) is 9.61. The van der Waals surface area contributed by atoms with Crippen LogP contribution >= 0.6 is 0 Å². The van der Waals surface area contributed by atoms with Crippen LogP contribution in [0, 0.1) is 17.8 Å². The van der Waals surface area contributed by atoms with E-state index >= 15 is 0 Å². The van der Waals surface area contributed by atoms with Gasteiger partial charge in [0.15, 0.2) is 0 Å². The maximum atomic E-state index is 13.5. The highest BCUT2D eigenvalue weighted by atomic mass is 16.2. The van der Waals surface area contributed by atoms with E-state index in [-0.39, 0.29) is 23.8 Å². The summed E-state index contributed by atoms with van der Waals surface area (Å²) in [6.07, 6.45) is 4.54. The fraction of sp³-hybridized carbons (Fsp3) is 0.864. The minimum atomic E-state index is -0.394. The highest BCUT2D eigenvalue weighted by molar-refractivity contribution is 5.90. The van der Waals surface area contributed by atoms with Crippen LogP contribution in [0.2, 0.25) is 0 Å². The fourth-order valence-corrected chi connectivity index (χ4v) is 4.59. The molecule has 3 N–H and O–H groups in total. The van der Waals surface area contributed by atoms with Gasteiger partial charge in [0.2, 0.25) is 17.7 Å². The number of nitrogens with two attached hydrogens (primary N) is 1. The molecule has 3 amide bonds. The van der Waals surface area contributed by atoms with Gasteiger partial charge in [-0.3, -0.25) is 14.4 Å². The SMILES string of the molecule is CC(C)CC1NCCN(C(CC(C)C)C(=O)N2CCCC(CCC(N)=O)C2)C1=O. The quantitative estimate of drug-likeness (QED) is 0.607. The topological polar surface area (TPSA) is 95.7 Å². The first-order valence-electron chi connectivity index (χ1n) is 11.3. The van der Waals surface area contributed by atoms with E-state index in [0.717, 1.165) is 38.8 Å². The van der Waals surface area contributed by atoms with Gasteiger partial charge in [-0.2, -0.15) is 0 Å². The highest BCUT2D eigenvalue weighted by Gasteiger charge is 2.39. The molecule has 0 aromatic heterocycles. The number of carbonyl (C=O) groups excluding carboxylic acids is 3. The van der Waals surface area contributed by atoms with E-state index in [2.05, 4.69) is 33.0 Å². The van der Waals surface area contributed by atoms with Crippen molar-refractivity contribution in [1.82, 2.24) is 15.1 Å². The molecule has 3 atom stereocenters. The van der Waals surface area contributed by atoms with E-state index in [9.17, 15) is 14.4 Å². The molecule has 0 aliphatic carbocycles. The third kappa shape index (κ3) is 6.98. The first-order chi connectivity index (χ1) is 13.7. The van der Waals surface area contributed by atoms with Crippen LogP contribution in [0.4, 0.5) is 0 Å². The van der Waals surface area contributed by atoms with Gasteiger partial charge in [-0.25, -0.2) is 0 Å². The molecule has 3 unspecified atom stereocenters. The molecule has 2 saturated heterocycles. The number of likely N-dealkylation sites (tertiary alicyclic amines) is 1. The summed E-state index contributed by atoms with van der Waals surface area (Å²) >= 11 is 0. The van der Waals surface area contributed by atoms with Gasteiger partial charge in [0.1, 0.15) is 6.04 Å². The van der Waals surface area contributed by atoms with Crippen molar-refractivity contribution in [2.45, 2.75) is 78.3 Å². The van der Waals surface area contributed by atoms with Crippen LogP contribution in [0.3, 0.4) is 0 Å². The minimum Gasteiger partial charge on any atom is -0.370 e. The Balaban J connectivity index is 2.10. The molecule has 2 fully saturated rings. The largest absolute Gasteiger partial charge is 0.370 e. The van der Waals surface area contributed by atoms with E-state index in [4.69, 9.17) is 5.73 Å². The number of carbonyl (C=O) groups is 3. The molecule has 7 nitrogen and oxygen atoms in total. The summed E-state index contributed by atoms with van der Waals surface area (Å²) in [6, 6.07) is -0.593. The van der Waals surface area contributed by atoms with Crippen LogP contribution in [-0.4, -0.2) is 65.8 Å². The van der Waals surface area contributed by atoms with E-state index in [1.165, 1.54) is 0 Å². The number of piperazine rings is 1. The smallest absolute Gasteiger partial charge is 0.245 e. The molecule has 0 radical (unpaired) electrons. The Morgan fingerprint density at radius 2 is 1.90 bits per heavy atom. The van der Waals surface area contributed by atoms with Crippen molar-refractivity contribution in [1.29, 1.82) is 0 Å². The molecule has 2 aliphatic heterocycles. The summed E-state index contributed by atoms with van der Waals surface area (Å²) in [4.78, 5) is 41.6. The lowest BCUT2D eigenvalue weighted by atomic mass is 9.91. The van der Waals surface area contributed by atoms with Crippen LogP contribution in [0.25, 0.3) is 0 Å². The third-order valence-corrected chi connectivity index (χ3v) is 6.02. The predicted octanol–water partition coefficient (Wildman–Crippen LogP) is 1.75. The zero-order valence-corrected chi connectivity index (χ0v) is 18.7. The number of nitrogens with zero attached hydrogens (tertiary/aromatic N) is 2. The minimum absolute atomic E-state index is 0.0613. The van der Waals surface area contributed by atoms with Gasteiger partial charge in [-0.15, -0.1) is 0 Å². The molecule has 2 heterocycles. The molecule has 7 heteroatoms. The van der Waals surface area contributed by atoms with Crippen molar-refractivity contribution in [3.8, 4) is 0 Å². The molecule has 166 valence electrons. The van der Waals surface area contributed by atoms with Crippen molar-refractivity contribution >= 4 is 17.7 Å². The van der Waals surface area contributed by atoms with E-state index in [1.807, 2.05) is 9.80 Å². The van der Waals surface area contributed by atoms with Crippen LogP contribution in [0.5, 0.6) is 0 Å².